The van der Waals surface area contributed by atoms with Gasteiger partial charge in [-0.2, -0.15) is 0 Å². The molecule has 0 spiro atoms. The second-order valence-corrected chi connectivity index (χ2v) is 6.31. The van der Waals surface area contributed by atoms with Gasteiger partial charge >= 0.3 is 0 Å². The van der Waals surface area contributed by atoms with Gasteiger partial charge in [-0.25, -0.2) is 0 Å². The Morgan fingerprint density at radius 2 is 1.76 bits per heavy atom. The highest BCUT2D eigenvalue weighted by Gasteiger charge is 2.24. The fourth-order valence-electron chi connectivity index (χ4n) is 3.26. The number of benzene rings is 1. The minimum Gasteiger partial charge on any atom is -0.490 e. The molecule has 0 saturated heterocycles. The Kier molecular flexibility index (Phi) is 5.80. The summed E-state index contributed by atoms with van der Waals surface area (Å²) in [5.74, 6) is 2.18. The van der Waals surface area contributed by atoms with Gasteiger partial charge in [0.25, 0.3) is 0 Å². The fraction of sp³-hybridized carbons (Fsp3) is 0.611. The summed E-state index contributed by atoms with van der Waals surface area (Å²) in [6.45, 7) is 7.22. The van der Waals surface area contributed by atoms with Gasteiger partial charge in [0.2, 0.25) is 0 Å². The molecule has 0 aromatic heterocycles. The summed E-state index contributed by atoms with van der Waals surface area (Å²) in [5, 5.41) is 0. The quantitative estimate of drug-likeness (QED) is 0.584. The molecular formula is C18H26O3. The molecule has 1 aromatic rings. The van der Waals surface area contributed by atoms with Crippen LogP contribution in [0.25, 0.3) is 0 Å². The Labute approximate surface area is 127 Å². The first kappa shape index (κ1) is 16.0. The number of Topliss-reactive ketones (excluding diaryl/α,β-unsaturated/α-hetero) is 1. The number of hydrogen-bond donors (Lipinski definition) is 0. The van der Waals surface area contributed by atoms with E-state index in [0.717, 1.165) is 24.7 Å². The molecule has 2 unspecified atom stereocenters. The topological polar surface area (TPSA) is 35.5 Å². The predicted octanol–water partition coefficient (Wildman–Crippen LogP) is 4.11. The second-order valence-electron chi connectivity index (χ2n) is 6.31. The molecule has 0 heterocycles. The third-order valence-corrected chi connectivity index (χ3v) is 4.10. The molecule has 3 nitrogen and oxygen atoms in total. The third-order valence-electron chi connectivity index (χ3n) is 4.10. The number of carbonyl (C=O) groups excluding carboxylic acids is 1. The molecule has 116 valence electrons. The van der Waals surface area contributed by atoms with Crippen LogP contribution in [0.5, 0.6) is 5.75 Å². The average Bonchev–Trinajstić information content (AvgIpc) is 2.43. The summed E-state index contributed by atoms with van der Waals surface area (Å²) in [5.41, 5.74) is 0.636. The lowest BCUT2D eigenvalue weighted by Crippen LogP contribution is -2.27. The van der Waals surface area contributed by atoms with Crippen molar-refractivity contribution in [1.29, 1.82) is 0 Å². The van der Waals surface area contributed by atoms with Gasteiger partial charge in [0.1, 0.15) is 12.4 Å². The van der Waals surface area contributed by atoms with Crippen LogP contribution >= 0.6 is 0 Å². The van der Waals surface area contributed by atoms with Crippen molar-refractivity contribution in [3.05, 3.63) is 29.8 Å². The highest BCUT2D eigenvalue weighted by Crippen LogP contribution is 2.30. The van der Waals surface area contributed by atoms with Crippen molar-refractivity contribution in [3.63, 3.8) is 0 Å². The first-order chi connectivity index (χ1) is 10.1. The van der Waals surface area contributed by atoms with Gasteiger partial charge in [-0.1, -0.05) is 26.0 Å². The van der Waals surface area contributed by atoms with Crippen LogP contribution in [0.2, 0.25) is 0 Å². The van der Waals surface area contributed by atoms with Crippen molar-refractivity contribution in [3.8, 4) is 5.75 Å². The van der Waals surface area contributed by atoms with Gasteiger partial charge < -0.3 is 9.47 Å². The van der Waals surface area contributed by atoms with E-state index in [0.29, 0.717) is 30.6 Å². The maximum absolute atomic E-state index is 11.5. The molecule has 0 bridgehead atoms. The van der Waals surface area contributed by atoms with E-state index in [-0.39, 0.29) is 5.78 Å². The standard InChI is InChI=1S/C18H26O3/c1-13-10-14(2)12-16(11-13)20-8-9-21-18-7-5-4-6-17(18)15(3)19/h4-7,13-14,16H,8-12H2,1-3H3. The zero-order valence-corrected chi connectivity index (χ0v) is 13.3. The molecule has 2 atom stereocenters. The van der Waals surface area contributed by atoms with Gasteiger partial charge in [-0.15, -0.1) is 0 Å². The summed E-state index contributed by atoms with van der Waals surface area (Å²) in [6.07, 6.45) is 3.96. The molecule has 1 aliphatic carbocycles. The largest absolute Gasteiger partial charge is 0.490 e. The lowest BCUT2D eigenvalue weighted by Gasteiger charge is -2.31. The smallest absolute Gasteiger partial charge is 0.163 e. The van der Waals surface area contributed by atoms with Crippen LogP contribution in [0, 0.1) is 11.8 Å². The molecule has 0 aliphatic heterocycles. The van der Waals surface area contributed by atoms with Crippen LogP contribution in [0.1, 0.15) is 50.4 Å². The van der Waals surface area contributed by atoms with Gasteiger partial charge in [-0.05, 0) is 50.2 Å². The summed E-state index contributed by atoms with van der Waals surface area (Å²) < 4.78 is 11.6. The Morgan fingerprint density at radius 3 is 2.43 bits per heavy atom. The number of hydrogen-bond acceptors (Lipinski definition) is 3. The van der Waals surface area contributed by atoms with Crippen molar-refractivity contribution in [1.82, 2.24) is 0 Å². The lowest BCUT2D eigenvalue weighted by atomic mass is 9.82. The van der Waals surface area contributed by atoms with E-state index in [9.17, 15) is 4.79 Å². The van der Waals surface area contributed by atoms with Gasteiger partial charge in [0, 0.05) is 0 Å². The van der Waals surface area contributed by atoms with E-state index in [1.165, 1.54) is 6.42 Å². The highest BCUT2D eigenvalue weighted by molar-refractivity contribution is 5.96. The van der Waals surface area contributed by atoms with E-state index < -0.39 is 0 Å². The number of para-hydroxylation sites is 1. The Hall–Kier alpha value is -1.35. The maximum atomic E-state index is 11.5. The Morgan fingerprint density at radius 1 is 1.10 bits per heavy atom. The molecule has 1 saturated carbocycles. The zero-order chi connectivity index (χ0) is 15.2. The van der Waals surface area contributed by atoms with Crippen LogP contribution in [-0.4, -0.2) is 25.1 Å². The molecule has 0 radical (unpaired) electrons. The molecule has 0 N–H and O–H groups in total. The highest BCUT2D eigenvalue weighted by atomic mass is 16.5. The normalized spacial score (nSPS) is 25.6. The monoisotopic (exact) mass is 290 g/mol. The molecule has 1 aromatic carbocycles. The summed E-state index contributed by atoms with van der Waals surface area (Å²) in [6, 6.07) is 7.36. The number of ketones is 1. The number of ether oxygens (including phenoxy) is 2. The SMILES string of the molecule is CC(=O)c1ccccc1OCCOC1CC(C)CC(C)C1. The molecule has 1 aliphatic rings. The van der Waals surface area contributed by atoms with Crippen LogP contribution < -0.4 is 4.74 Å². The van der Waals surface area contributed by atoms with E-state index in [1.807, 2.05) is 18.2 Å². The Balaban J connectivity index is 1.76. The van der Waals surface area contributed by atoms with Crippen LogP contribution in [0.15, 0.2) is 24.3 Å². The number of carbonyl (C=O) groups is 1. The van der Waals surface area contributed by atoms with Crippen LogP contribution in [-0.2, 0) is 4.74 Å². The van der Waals surface area contributed by atoms with E-state index in [4.69, 9.17) is 9.47 Å². The van der Waals surface area contributed by atoms with Crippen molar-refractivity contribution in [2.24, 2.45) is 11.8 Å². The maximum Gasteiger partial charge on any atom is 0.163 e. The van der Waals surface area contributed by atoms with Gasteiger partial charge in [0.15, 0.2) is 5.78 Å². The summed E-state index contributed by atoms with van der Waals surface area (Å²) in [4.78, 5) is 11.5. The fourth-order valence-corrected chi connectivity index (χ4v) is 3.26. The average molecular weight is 290 g/mol. The van der Waals surface area contributed by atoms with E-state index >= 15 is 0 Å². The summed E-state index contributed by atoms with van der Waals surface area (Å²) >= 11 is 0. The van der Waals surface area contributed by atoms with Gasteiger partial charge in [0.05, 0.1) is 18.3 Å². The number of rotatable bonds is 6. The van der Waals surface area contributed by atoms with Crippen LogP contribution in [0.4, 0.5) is 0 Å². The summed E-state index contributed by atoms with van der Waals surface area (Å²) in [7, 11) is 0. The van der Waals surface area contributed by atoms with Crippen molar-refractivity contribution >= 4 is 5.78 Å². The molecular weight excluding hydrogens is 264 g/mol. The molecule has 0 amide bonds. The van der Waals surface area contributed by atoms with E-state index in [2.05, 4.69) is 13.8 Å². The van der Waals surface area contributed by atoms with Crippen molar-refractivity contribution in [2.45, 2.75) is 46.1 Å². The van der Waals surface area contributed by atoms with E-state index in [1.54, 1.807) is 13.0 Å². The van der Waals surface area contributed by atoms with Crippen molar-refractivity contribution in [2.75, 3.05) is 13.2 Å². The minimum absolute atomic E-state index is 0.0291. The first-order valence-corrected chi connectivity index (χ1v) is 7.90. The van der Waals surface area contributed by atoms with Gasteiger partial charge in [-0.3, -0.25) is 4.79 Å². The zero-order valence-electron chi connectivity index (χ0n) is 13.3. The van der Waals surface area contributed by atoms with Crippen LogP contribution in [0.3, 0.4) is 0 Å². The Bertz CT molecular complexity index is 459. The minimum atomic E-state index is 0.0291. The predicted molar refractivity (Wildman–Crippen MR) is 83.9 cm³/mol. The third kappa shape index (κ3) is 4.85. The molecule has 3 heteroatoms. The lowest BCUT2D eigenvalue weighted by molar-refractivity contribution is -0.0108. The second kappa shape index (κ2) is 7.60. The molecule has 2 rings (SSSR count). The molecule has 1 fully saturated rings. The van der Waals surface area contributed by atoms with Crippen molar-refractivity contribution < 1.29 is 14.3 Å². The molecule has 21 heavy (non-hydrogen) atoms. The first-order valence-electron chi connectivity index (χ1n) is 7.90.